The first-order valence-corrected chi connectivity index (χ1v) is 8.87. The van der Waals surface area contributed by atoms with E-state index >= 15 is 0 Å². The SMILES string of the molecule is O=C(ON1C(=O)c2ccccc2C1=O)c1sc(N2CCCC2)nc1Cl. The predicted octanol–water partition coefficient (Wildman–Crippen LogP) is 2.76. The lowest BCUT2D eigenvalue weighted by molar-refractivity contribution is -0.0581. The van der Waals surface area contributed by atoms with Gasteiger partial charge in [-0.15, -0.1) is 0 Å². The van der Waals surface area contributed by atoms with Crippen LogP contribution in [0.15, 0.2) is 24.3 Å². The minimum atomic E-state index is -0.873. The lowest BCUT2D eigenvalue weighted by Gasteiger charge is -2.12. The summed E-state index contributed by atoms with van der Waals surface area (Å²) in [6.45, 7) is 1.72. The molecule has 0 N–H and O–H groups in total. The first-order chi connectivity index (χ1) is 12.1. The third-order valence-corrected chi connectivity index (χ3v) is 5.55. The fraction of sp³-hybridized carbons (Fsp3) is 0.250. The van der Waals surface area contributed by atoms with E-state index in [2.05, 4.69) is 4.98 Å². The standard InChI is InChI=1S/C16H12ClN3O4S/c17-12-11(25-16(18-12)19-7-3-4-8-19)15(23)24-20-13(21)9-5-1-2-6-10(9)14(20)22/h1-2,5-6H,3-4,7-8H2. The van der Waals surface area contributed by atoms with Crippen LogP contribution in [0.25, 0.3) is 0 Å². The molecule has 2 aromatic rings. The molecule has 0 atom stereocenters. The number of thiazole rings is 1. The van der Waals surface area contributed by atoms with Gasteiger partial charge in [0.1, 0.15) is 0 Å². The van der Waals surface area contributed by atoms with Gasteiger partial charge in [0, 0.05) is 13.1 Å². The van der Waals surface area contributed by atoms with Crippen LogP contribution in [0.3, 0.4) is 0 Å². The third-order valence-electron chi connectivity index (χ3n) is 4.07. The van der Waals surface area contributed by atoms with Crippen molar-refractivity contribution in [2.45, 2.75) is 12.8 Å². The summed E-state index contributed by atoms with van der Waals surface area (Å²) >= 11 is 7.14. The lowest BCUT2D eigenvalue weighted by atomic mass is 10.1. The molecule has 0 unspecified atom stereocenters. The molecule has 0 bridgehead atoms. The minimum Gasteiger partial charge on any atom is -0.348 e. The lowest BCUT2D eigenvalue weighted by Crippen LogP contribution is -2.32. The molecular weight excluding hydrogens is 366 g/mol. The first-order valence-electron chi connectivity index (χ1n) is 7.67. The number of nitrogens with zero attached hydrogens (tertiary/aromatic N) is 3. The van der Waals surface area contributed by atoms with E-state index < -0.39 is 17.8 Å². The van der Waals surface area contributed by atoms with Crippen molar-refractivity contribution >= 4 is 45.9 Å². The van der Waals surface area contributed by atoms with E-state index in [4.69, 9.17) is 16.4 Å². The number of rotatable bonds is 3. The van der Waals surface area contributed by atoms with Crippen molar-refractivity contribution in [1.29, 1.82) is 0 Å². The summed E-state index contributed by atoms with van der Waals surface area (Å²) in [6, 6.07) is 6.29. The Bertz CT molecular complexity index is 856. The van der Waals surface area contributed by atoms with E-state index in [1.165, 1.54) is 12.1 Å². The average Bonchev–Trinajstić information content (AvgIpc) is 3.31. The number of benzene rings is 1. The number of imide groups is 1. The van der Waals surface area contributed by atoms with E-state index in [1.54, 1.807) is 12.1 Å². The van der Waals surface area contributed by atoms with Crippen LogP contribution in [-0.2, 0) is 4.84 Å². The van der Waals surface area contributed by atoms with Crippen LogP contribution >= 0.6 is 22.9 Å². The molecule has 1 saturated heterocycles. The Balaban J connectivity index is 1.55. The third kappa shape index (κ3) is 2.67. The van der Waals surface area contributed by atoms with Crippen molar-refractivity contribution in [2.24, 2.45) is 0 Å². The number of hydrogen-bond acceptors (Lipinski definition) is 7. The van der Waals surface area contributed by atoms with Crippen molar-refractivity contribution in [1.82, 2.24) is 10.0 Å². The fourth-order valence-corrected chi connectivity index (χ4v) is 4.04. The highest BCUT2D eigenvalue weighted by Gasteiger charge is 2.39. The molecule has 1 aromatic heterocycles. The molecule has 0 spiro atoms. The predicted molar refractivity (Wildman–Crippen MR) is 90.9 cm³/mol. The number of anilines is 1. The van der Waals surface area contributed by atoms with Gasteiger partial charge >= 0.3 is 5.97 Å². The second-order valence-corrected chi connectivity index (χ2v) is 6.98. The summed E-state index contributed by atoms with van der Waals surface area (Å²) in [6.07, 6.45) is 2.12. The van der Waals surface area contributed by atoms with Crippen LogP contribution in [0, 0.1) is 0 Å². The highest BCUT2D eigenvalue weighted by atomic mass is 35.5. The largest absolute Gasteiger partial charge is 0.377 e. The van der Waals surface area contributed by atoms with Crippen molar-refractivity contribution in [3.63, 3.8) is 0 Å². The Kier molecular flexibility index (Phi) is 3.93. The normalized spacial score (nSPS) is 16.5. The molecule has 2 aliphatic heterocycles. The zero-order valence-corrected chi connectivity index (χ0v) is 14.5. The van der Waals surface area contributed by atoms with Crippen LogP contribution in [0.1, 0.15) is 43.2 Å². The molecule has 0 aliphatic carbocycles. The number of carbonyl (C=O) groups is 3. The van der Waals surface area contributed by atoms with E-state index in [0.29, 0.717) is 10.2 Å². The maximum Gasteiger partial charge on any atom is 0.377 e. The molecule has 9 heteroatoms. The van der Waals surface area contributed by atoms with Gasteiger partial charge in [0.2, 0.25) is 0 Å². The van der Waals surface area contributed by atoms with Gasteiger partial charge < -0.3 is 9.74 Å². The summed E-state index contributed by atoms with van der Waals surface area (Å²) in [5.74, 6) is -2.22. The van der Waals surface area contributed by atoms with Crippen molar-refractivity contribution in [2.75, 3.05) is 18.0 Å². The molecule has 4 rings (SSSR count). The molecule has 128 valence electrons. The maximum absolute atomic E-state index is 12.4. The van der Waals surface area contributed by atoms with E-state index in [0.717, 1.165) is 37.3 Å². The van der Waals surface area contributed by atoms with Gasteiger partial charge in [-0.2, -0.15) is 0 Å². The van der Waals surface area contributed by atoms with Gasteiger partial charge in [0.25, 0.3) is 11.8 Å². The number of aromatic nitrogens is 1. The average molecular weight is 378 g/mol. The summed E-state index contributed by atoms with van der Waals surface area (Å²) in [5.41, 5.74) is 0.405. The molecule has 7 nitrogen and oxygen atoms in total. The zero-order chi connectivity index (χ0) is 17.6. The second kappa shape index (κ2) is 6.12. The van der Waals surface area contributed by atoms with E-state index in [-0.39, 0.29) is 21.2 Å². The van der Waals surface area contributed by atoms with E-state index in [1.807, 2.05) is 4.90 Å². The zero-order valence-electron chi connectivity index (χ0n) is 12.9. The van der Waals surface area contributed by atoms with E-state index in [9.17, 15) is 14.4 Å². The molecule has 25 heavy (non-hydrogen) atoms. The number of hydrogen-bond donors (Lipinski definition) is 0. The molecule has 1 fully saturated rings. The second-order valence-electron chi connectivity index (χ2n) is 5.64. The molecule has 2 aliphatic rings. The summed E-state index contributed by atoms with van der Waals surface area (Å²) in [5, 5.41) is 1.11. The Morgan fingerprint density at radius 2 is 1.72 bits per heavy atom. The Morgan fingerprint density at radius 3 is 2.32 bits per heavy atom. The van der Waals surface area contributed by atoms with Crippen LogP contribution in [0.4, 0.5) is 5.13 Å². The smallest absolute Gasteiger partial charge is 0.348 e. The van der Waals surface area contributed by atoms with Gasteiger partial charge in [-0.3, -0.25) is 9.59 Å². The molecular formula is C16H12ClN3O4S. The van der Waals surface area contributed by atoms with Crippen LogP contribution < -0.4 is 4.90 Å². The number of halogens is 1. The fourth-order valence-electron chi connectivity index (χ4n) is 2.83. The summed E-state index contributed by atoms with van der Waals surface area (Å²) < 4.78 is 0. The molecule has 0 saturated carbocycles. The molecule has 1 aromatic carbocycles. The quantitative estimate of drug-likeness (QED) is 0.765. The van der Waals surface area contributed by atoms with Gasteiger partial charge in [-0.1, -0.05) is 40.1 Å². The molecule has 2 amide bonds. The van der Waals surface area contributed by atoms with Crippen LogP contribution in [0.2, 0.25) is 5.15 Å². The monoisotopic (exact) mass is 377 g/mol. The number of hydroxylamine groups is 2. The highest BCUT2D eigenvalue weighted by molar-refractivity contribution is 7.18. The molecule has 0 radical (unpaired) electrons. The van der Waals surface area contributed by atoms with Crippen molar-refractivity contribution in [3.05, 3.63) is 45.4 Å². The summed E-state index contributed by atoms with van der Waals surface area (Å²) in [4.78, 5) is 48.2. The highest BCUT2D eigenvalue weighted by Crippen LogP contribution is 2.33. The first kappa shape index (κ1) is 16.0. The van der Waals surface area contributed by atoms with Gasteiger partial charge in [-0.05, 0) is 25.0 Å². The van der Waals surface area contributed by atoms with Crippen molar-refractivity contribution in [3.8, 4) is 0 Å². The topological polar surface area (TPSA) is 79.8 Å². The Morgan fingerprint density at radius 1 is 1.12 bits per heavy atom. The van der Waals surface area contributed by atoms with Crippen LogP contribution in [-0.4, -0.2) is 40.9 Å². The Hall–Kier alpha value is -2.45. The van der Waals surface area contributed by atoms with Crippen molar-refractivity contribution < 1.29 is 19.2 Å². The number of fused-ring (bicyclic) bond motifs is 1. The molecule has 3 heterocycles. The van der Waals surface area contributed by atoms with Gasteiger partial charge in [-0.25, -0.2) is 9.78 Å². The van der Waals surface area contributed by atoms with Gasteiger partial charge in [0.15, 0.2) is 15.2 Å². The number of amides is 2. The number of carbonyl (C=O) groups excluding carboxylic acids is 3. The van der Waals surface area contributed by atoms with Crippen LogP contribution in [0.5, 0.6) is 0 Å². The maximum atomic E-state index is 12.4. The Labute approximate surface area is 151 Å². The minimum absolute atomic E-state index is 0.00788. The van der Waals surface area contributed by atoms with Gasteiger partial charge in [0.05, 0.1) is 11.1 Å². The summed E-state index contributed by atoms with van der Waals surface area (Å²) in [7, 11) is 0.